The first-order valence-corrected chi connectivity index (χ1v) is 6.66. The molecule has 0 unspecified atom stereocenters. The number of benzene rings is 1. The highest BCUT2D eigenvalue weighted by Gasteiger charge is 2.13. The molecule has 1 heterocycles. The molecule has 0 saturated carbocycles. The summed E-state index contributed by atoms with van der Waals surface area (Å²) in [6.07, 6.45) is 5.58. The van der Waals surface area contributed by atoms with Crippen molar-refractivity contribution in [2.24, 2.45) is 7.05 Å². The Bertz CT molecular complexity index is 718. The van der Waals surface area contributed by atoms with E-state index in [4.69, 9.17) is 9.84 Å². The Morgan fingerprint density at radius 1 is 1.41 bits per heavy atom. The van der Waals surface area contributed by atoms with Crippen LogP contribution >= 0.6 is 0 Å². The zero-order valence-electron chi connectivity index (χ0n) is 12.3. The quantitative estimate of drug-likeness (QED) is 0.653. The molecule has 2 rings (SSSR count). The summed E-state index contributed by atoms with van der Waals surface area (Å²) in [5.41, 5.74) is 1.25. The average molecular weight is 300 g/mol. The SMILES string of the molecule is C[C@H](Oc1cccc(C(=O)/C=C\c2cnn(C)c2)c1)C(=O)O. The number of carboxylic acid groups (broad SMARTS) is 1. The van der Waals surface area contributed by atoms with E-state index in [2.05, 4.69) is 5.10 Å². The molecule has 114 valence electrons. The molecule has 0 aliphatic rings. The van der Waals surface area contributed by atoms with E-state index in [0.717, 1.165) is 5.56 Å². The minimum atomic E-state index is -1.06. The molecule has 1 aromatic heterocycles. The van der Waals surface area contributed by atoms with Gasteiger partial charge < -0.3 is 9.84 Å². The molecule has 1 aromatic carbocycles. The summed E-state index contributed by atoms with van der Waals surface area (Å²) >= 11 is 0. The molecule has 0 bridgehead atoms. The molecule has 1 N–H and O–H groups in total. The van der Waals surface area contributed by atoms with Gasteiger partial charge >= 0.3 is 5.97 Å². The van der Waals surface area contributed by atoms with E-state index in [1.54, 1.807) is 48.4 Å². The maximum Gasteiger partial charge on any atom is 0.344 e. The Morgan fingerprint density at radius 3 is 2.82 bits per heavy atom. The Morgan fingerprint density at radius 2 is 2.18 bits per heavy atom. The normalized spacial score (nSPS) is 12.3. The number of nitrogens with zero attached hydrogens (tertiary/aromatic N) is 2. The first kappa shape index (κ1) is 15.5. The van der Waals surface area contributed by atoms with E-state index in [0.29, 0.717) is 11.3 Å². The number of aliphatic carboxylic acids is 1. The van der Waals surface area contributed by atoms with Gasteiger partial charge in [0, 0.05) is 24.4 Å². The molecular weight excluding hydrogens is 284 g/mol. The van der Waals surface area contributed by atoms with Gasteiger partial charge in [-0.25, -0.2) is 4.79 Å². The number of hydrogen-bond donors (Lipinski definition) is 1. The van der Waals surface area contributed by atoms with Crippen LogP contribution in [0, 0.1) is 0 Å². The van der Waals surface area contributed by atoms with E-state index in [1.165, 1.54) is 19.1 Å². The summed E-state index contributed by atoms with van der Waals surface area (Å²) in [5.74, 6) is -0.916. The van der Waals surface area contributed by atoms with Crippen molar-refractivity contribution in [3.63, 3.8) is 0 Å². The molecule has 22 heavy (non-hydrogen) atoms. The number of allylic oxidation sites excluding steroid dienone is 1. The lowest BCUT2D eigenvalue weighted by atomic mass is 10.1. The molecular formula is C16H16N2O4. The van der Waals surface area contributed by atoms with Crippen LogP contribution in [-0.4, -0.2) is 32.7 Å². The highest BCUT2D eigenvalue weighted by molar-refractivity contribution is 6.07. The number of aromatic nitrogens is 2. The van der Waals surface area contributed by atoms with Crippen molar-refractivity contribution in [1.29, 1.82) is 0 Å². The van der Waals surface area contributed by atoms with Crippen LogP contribution in [0.3, 0.4) is 0 Å². The molecule has 1 atom stereocenters. The van der Waals surface area contributed by atoms with Crippen molar-refractivity contribution in [1.82, 2.24) is 9.78 Å². The molecule has 0 amide bonds. The number of aryl methyl sites for hydroxylation is 1. The fraction of sp³-hybridized carbons (Fsp3) is 0.188. The Hall–Kier alpha value is -2.89. The molecule has 0 aliphatic heterocycles. The third-order valence-electron chi connectivity index (χ3n) is 2.93. The number of carbonyl (C=O) groups is 2. The predicted octanol–water partition coefficient (Wildman–Crippen LogP) is 2.17. The molecule has 0 aliphatic carbocycles. The number of ketones is 1. The zero-order chi connectivity index (χ0) is 16.1. The van der Waals surface area contributed by atoms with Crippen LogP contribution in [-0.2, 0) is 11.8 Å². The second kappa shape index (κ2) is 6.71. The summed E-state index contributed by atoms with van der Waals surface area (Å²) in [6.45, 7) is 1.43. The molecule has 0 saturated heterocycles. The van der Waals surface area contributed by atoms with Crippen LogP contribution in [0.1, 0.15) is 22.8 Å². The van der Waals surface area contributed by atoms with Crippen molar-refractivity contribution in [3.05, 3.63) is 53.9 Å². The second-order valence-corrected chi connectivity index (χ2v) is 4.77. The number of rotatable bonds is 6. The first-order chi connectivity index (χ1) is 10.5. The van der Waals surface area contributed by atoms with Crippen molar-refractivity contribution in [2.45, 2.75) is 13.0 Å². The van der Waals surface area contributed by atoms with Gasteiger partial charge in [-0.1, -0.05) is 12.1 Å². The third-order valence-corrected chi connectivity index (χ3v) is 2.93. The Labute approximate surface area is 127 Å². The number of carbonyl (C=O) groups excluding carboxylic acids is 1. The van der Waals surface area contributed by atoms with Crippen molar-refractivity contribution in [3.8, 4) is 5.75 Å². The van der Waals surface area contributed by atoms with Gasteiger partial charge in [-0.3, -0.25) is 9.48 Å². The van der Waals surface area contributed by atoms with Crippen LogP contribution in [0.25, 0.3) is 6.08 Å². The lowest BCUT2D eigenvalue weighted by Crippen LogP contribution is -2.22. The van der Waals surface area contributed by atoms with E-state index >= 15 is 0 Å². The summed E-state index contributed by atoms with van der Waals surface area (Å²) < 4.78 is 6.89. The summed E-state index contributed by atoms with van der Waals surface area (Å²) in [4.78, 5) is 22.9. The minimum Gasteiger partial charge on any atom is -0.479 e. The van der Waals surface area contributed by atoms with Crippen molar-refractivity contribution < 1.29 is 19.4 Å². The second-order valence-electron chi connectivity index (χ2n) is 4.77. The molecule has 0 spiro atoms. The van der Waals surface area contributed by atoms with Crippen LogP contribution < -0.4 is 4.74 Å². The largest absolute Gasteiger partial charge is 0.479 e. The fourth-order valence-corrected chi connectivity index (χ4v) is 1.77. The Kier molecular flexibility index (Phi) is 4.73. The van der Waals surface area contributed by atoms with Gasteiger partial charge in [-0.2, -0.15) is 5.10 Å². The van der Waals surface area contributed by atoms with Crippen molar-refractivity contribution >= 4 is 17.8 Å². The first-order valence-electron chi connectivity index (χ1n) is 6.66. The fourth-order valence-electron chi connectivity index (χ4n) is 1.77. The van der Waals surface area contributed by atoms with Gasteiger partial charge in [0.15, 0.2) is 11.9 Å². The highest BCUT2D eigenvalue weighted by atomic mass is 16.5. The monoisotopic (exact) mass is 300 g/mol. The lowest BCUT2D eigenvalue weighted by Gasteiger charge is -2.10. The molecule has 2 aromatic rings. The third kappa shape index (κ3) is 4.05. The van der Waals surface area contributed by atoms with Crippen molar-refractivity contribution in [2.75, 3.05) is 0 Å². The van der Waals surface area contributed by atoms with Gasteiger partial charge in [-0.15, -0.1) is 0 Å². The highest BCUT2D eigenvalue weighted by Crippen LogP contribution is 2.16. The van der Waals surface area contributed by atoms with Crippen LogP contribution in [0.5, 0.6) is 5.75 Å². The smallest absolute Gasteiger partial charge is 0.344 e. The Balaban J connectivity index is 2.10. The van der Waals surface area contributed by atoms with E-state index in [1.807, 2.05) is 0 Å². The average Bonchev–Trinajstić information content (AvgIpc) is 2.90. The summed E-state index contributed by atoms with van der Waals surface area (Å²) in [6, 6.07) is 6.43. The molecule has 6 nitrogen and oxygen atoms in total. The maximum atomic E-state index is 12.1. The van der Waals surface area contributed by atoms with E-state index < -0.39 is 12.1 Å². The van der Waals surface area contributed by atoms with Crippen LogP contribution in [0.4, 0.5) is 0 Å². The van der Waals surface area contributed by atoms with Crippen LogP contribution in [0.2, 0.25) is 0 Å². The lowest BCUT2D eigenvalue weighted by molar-refractivity contribution is -0.144. The predicted molar refractivity (Wildman–Crippen MR) is 80.7 cm³/mol. The topological polar surface area (TPSA) is 81.4 Å². The van der Waals surface area contributed by atoms with Gasteiger partial charge in [-0.05, 0) is 31.2 Å². The molecule has 0 radical (unpaired) electrons. The van der Waals surface area contributed by atoms with Gasteiger partial charge in [0.2, 0.25) is 0 Å². The van der Waals surface area contributed by atoms with Gasteiger partial charge in [0.1, 0.15) is 5.75 Å². The van der Waals surface area contributed by atoms with E-state index in [-0.39, 0.29) is 5.78 Å². The number of carboxylic acids is 1. The zero-order valence-corrected chi connectivity index (χ0v) is 12.3. The number of ether oxygens (including phenoxy) is 1. The van der Waals surface area contributed by atoms with Crippen LogP contribution in [0.15, 0.2) is 42.7 Å². The summed E-state index contributed by atoms with van der Waals surface area (Å²) in [5, 5.41) is 12.8. The van der Waals surface area contributed by atoms with E-state index in [9.17, 15) is 9.59 Å². The minimum absolute atomic E-state index is 0.197. The summed E-state index contributed by atoms with van der Waals surface area (Å²) in [7, 11) is 1.80. The molecule has 0 fully saturated rings. The maximum absolute atomic E-state index is 12.1. The van der Waals surface area contributed by atoms with Gasteiger partial charge in [0.05, 0.1) is 6.20 Å². The van der Waals surface area contributed by atoms with Gasteiger partial charge in [0.25, 0.3) is 0 Å². The standard InChI is InChI=1S/C16H16N2O4/c1-11(16(20)21)22-14-5-3-4-13(8-14)15(19)7-6-12-9-17-18(2)10-12/h3-11H,1-2H3,(H,20,21)/b7-6-/t11-/m0/s1. The number of hydrogen-bond acceptors (Lipinski definition) is 4. The molecule has 6 heteroatoms.